The number of hydrogen-bond acceptors (Lipinski definition) is 2. The van der Waals surface area contributed by atoms with E-state index in [0.717, 1.165) is 11.1 Å². The molecule has 126 valence electrons. The zero-order valence-corrected chi connectivity index (χ0v) is 13.9. The second-order valence-corrected chi connectivity index (χ2v) is 5.75. The van der Waals surface area contributed by atoms with Gasteiger partial charge in [0.1, 0.15) is 5.82 Å². The number of carbonyl (C=O) groups is 2. The van der Waals surface area contributed by atoms with Gasteiger partial charge in [-0.05, 0) is 44.0 Å². The molecule has 0 aliphatic rings. The molecule has 5 heteroatoms. The van der Waals surface area contributed by atoms with Gasteiger partial charge in [-0.1, -0.05) is 35.4 Å². The lowest BCUT2D eigenvalue weighted by atomic mass is 10.1. The Labute approximate surface area is 141 Å². The molecule has 24 heavy (non-hydrogen) atoms. The Bertz CT molecular complexity index is 724. The molecule has 2 N–H and O–H groups in total. The van der Waals surface area contributed by atoms with Crippen molar-refractivity contribution in [1.29, 1.82) is 0 Å². The predicted molar refractivity (Wildman–Crippen MR) is 91.4 cm³/mol. The van der Waals surface area contributed by atoms with Gasteiger partial charge in [-0.15, -0.1) is 0 Å². The fourth-order valence-corrected chi connectivity index (χ4v) is 2.47. The van der Waals surface area contributed by atoms with Crippen LogP contribution in [0.1, 0.15) is 27.0 Å². The van der Waals surface area contributed by atoms with Gasteiger partial charge in [0, 0.05) is 12.1 Å². The summed E-state index contributed by atoms with van der Waals surface area (Å²) in [6, 6.07) is 12.0. The average molecular weight is 328 g/mol. The van der Waals surface area contributed by atoms with E-state index in [2.05, 4.69) is 10.6 Å². The third-order valence-corrected chi connectivity index (χ3v) is 3.57. The monoisotopic (exact) mass is 328 g/mol. The van der Waals surface area contributed by atoms with Crippen LogP contribution in [0.15, 0.2) is 42.5 Å². The average Bonchev–Trinajstić information content (AvgIpc) is 2.53. The van der Waals surface area contributed by atoms with E-state index in [0.29, 0.717) is 24.1 Å². The molecule has 2 amide bonds. The molecule has 4 nitrogen and oxygen atoms in total. The van der Waals surface area contributed by atoms with Crippen molar-refractivity contribution >= 4 is 11.8 Å². The maximum absolute atomic E-state index is 13.5. The van der Waals surface area contributed by atoms with Crippen LogP contribution >= 0.6 is 0 Å². The molecule has 0 bridgehead atoms. The maximum atomic E-state index is 13.5. The summed E-state index contributed by atoms with van der Waals surface area (Å²) in [6.45, 7) is 4.04. The molecule has 0 fully saturated rings. The van der Waals surface area contributed by atoms with Crippen molar-refractivity contribution in [3.05, 3.63) is 70.5 Å². The Morgan fingerprint density at radius 3 is 2.33 bits per heavy atom. The highest BCUT2D eigenvalue weighted by Gasteiger charge is 2.09. The highest BCUT2D eigenvalue weighted by molar-refractivity contribution is 5.96. The minimum atomic E-state index is -0.302. The van der Waals surface area contributed by atoms with E-state index < -0.39 is 0 Å². The Kier molecular flexibility index (Phi) is 6.07. The zero-order chi connectivity index (χ0) is 17.5. The standard InChI is InChI=1S/C19H21FN2O2/c1-13-9-14(2)11-16(10-13)19(24)22-12-18(23)21-8-7-15-5-3-4-6-17(15)20/h3-6,9-11H,7-8,12H2,1-2H3,(H,21,23)(H,22,24). The summed E-state index contributed by atoms with van der Waals surface area (Å²) in [7, 11) is 0. The lowest BCUT2D eigenvalue weighted by molar-refractivity contribution is -0.120. The Morgan fingerprint density at radius 1 is 1.00 bits per heavy atom. The molecule has 0 atom stereocenters. The summed E-state index contributed by atoms with van der Waals surface area (Å²) in [5.74, 6) is -0.870. The van der Waals surface area contributed by atoms with E-state index in [1.165, 1.54) is 6.07 Å². The SMILES string of the molecule is Cc1cc(C)cc(C(=O)NCC(=O)NCCc2ccccc2F)c1. The van der Waals surface area contributed by atoms with Crippen molar-refractivity contribution in [3.63, 3.8) is 0 Å². The number of carbonyl (C=O) groups excluding carboxylic acids is 2. The van der Waals surface area contributed by atoms with Crippen LogP contribution in [0.25, 0.3) is 0 Å². The zero-order valence-electron chi connectivity index (χ0n) is 13.9. The lowest BCUT2D eigenvalue weighted by Gasteiger charge is -2.08. The molecule has 2 aromatic rings. The van der Waals surface area contributed by atoms with Crippen LogP contribution in [-0.2, 0) is 11.2 Å². The van der Waals surface area contributed by atoms with Gasteiger partial charge in [0.2, 0.25) is 5.91 Å². The minimum Gasteiger partial charge on any atom is -0.354 e. The molecular weight excluding hydrogens is 307 g/mol. The molecule has 0 saturated heterocycles. The van der Waals surface area contributed by atoms with E-state index in [-0.39, 0.29) is 24.2 Å². The van der Waals surface area contributed by atoms with Crippen molar-refractivity contribution in [2.45, 2.75) is 20.3 Å². The van der Waals surface area contributed by atoms with Gasteiger partial charge < -0.3 is 10.6 Å². The van der Waals surface area contributed by atoms with Crippen LogP contribution in [0.2, 0.25) is 0 Å². The molecule has 0 radical (unpaired) electrons. The van der Waals surface area contributed by atoms with Crippen LogP contribution in [-0.4, -0.2) is 24.9 Å². The summed E-state index contributed by atoms with van der Waals surface area (Å²) < 4.78 is 13.5. The third-order valence-electron chi connectivity index (χ3n) is 3.57. The largest absolute Gasteiger partial charge is 0.354 e. The Hall–Kier alpha value is -2.69. The Morgan fingerprint density at radius 2 is 1.67 bits per heavy atom. The molecule has 0 aliphatic heterocycles. The Balaban J connectivity index is 1.76. The first-order chi connectivity index (χ1) is 11.5. The van der Waals surface area contributed by atoms with Gasteiger partial charge in [0.05, 0.1) is 6.54 Å². The quantitative estimate of drug-likeness (QED) is 0.856. The summed E-state index contributed by atoms with van der Waals surface area (Å²) in [4.78, 5) is 23.8. The highest BCUT2D eigenvalue weighted by Crippen LogP contribution is 2.08. The summed E-state index contributed by atoms with van der Waals surface area (Å²) >= 11 is 0. The fourth-order valence-electron chi connectivity index (χ4n) is 2.47. The van der Waals surface area contributed by atoms with Gasteiger partial charge >= 0.3 is 0 Å². The lowest BCUT2D eigenvalue weighted by Crippen LogP contribution is -2.37. The van der Waals surface area contributed by atoms with Gasteiger partial charge in [0.25, 0.3) is 5.91 Å². The van der Waals surface area contributed by atoms with Crippen LogP contribution < -0.4 is 10.6 Å². The molecule has 2 aromatic carbocycles. The molecule has 0 saturated carbocycles. The van der Waals surface area contributed by atoms with Gasteiger partial charge in [-0.2, -0.15) is 0 Å². The molecule has 0 unspecified atom stereocenters. The summed E-state index contributed by atoms with van der Waals surface area (Å²) in [5, 5.41) is 5.26. The molecule has 0 spiro atoms. The highest BCUT2D eigenvalue weighted by atomic mass is 19.1. The molecule has 0 heterocycles. The van der Waals surface area contributed by atoms with Crippen molar-refractivity contribution in [1.82, 2.24) is 10.6 Å². The smallest absolute Gasteiger partial charge is 0.251 e. The van der Waals surface area contributed by atoms with Crippen LogP contribution in [0, 0.1) is 19.7 Å². The number of rotatable bonds is 6. The van der Waals surface area contributed by atoms with Gasteiger partial charge in [-0.3, -0.25) is 9.59 Å². The number of nitrogens with one attached hydrogen (secondary N) is 2. The maximum Gasteiger partial charge on any atom is 0.251 e. The first-order valence-electron chi connectivity index (χ1n) is 7.82. The van der Waals surface area contributed by atoms with Crippen LogP contribution in [0.5, 0.6) is 0 Å². The van der Waals surface area contributed by atoms with E-state index >= 15 is 0 Å². The predicted octanol–water partition coefficient (Wildman–Crippen LogP) is 2.53. The summed E-state index contributed by atoms with van der Waals surface area (Å²) in [6.07, 6.45) is 0.406. The van der Waals surface area contributed by atoms with Crippen molar-refractivity contribution < 1.29 is 14.0 Å². The van der Waals surface area contributed by atoms with E-state index in [9.17, 15) is 14.0 Å². The normalized spacial score (nSPS) is 10.3. The summed E-state index contributed by atoms with van der Waals surface area (Å²) in [5.41, 5.74) is 3.08. The van der Waals surface area contributed by atoms with Crippen molar-refractivity contribution in [2.24, 2.45) is 0 Å². The molecule has 2 rings (SSSR count). The van der Waals surface area contributed by atoms with E-state index in [1.807, 2.05) is 19.9 Å². The fraction of sp³-hybridized carbons (Fsp3) is 0.263. The second-order valence-electron chi connectivity index (χ2n) is 5.75. The topological polar surface area (TPSA) is 58.2 Å². The van der Waals surface area contributed by atoms with Crippen LogP contribution in [0.4, 0.5) is 4.39 Å². The number of aryl methyl sites for hydroxylation is 2. The molecular formula is C19H21FN2O2. The second kappa shape index (κ2) is 8.24. The number of amides is 2. The first-order valence-corrected chi connectivity index (χ1v) is 7.82. The minimum absolute atomic E-state index is 0.108. The molecule has 0 aromatic heterocycles. The van der Waals surface area contributed by atoms with E-state index in [4.69, 9.17) is 0 Å². The van der Waals surface area contributed by atoms with Gasteiger partial charge in [-0.25, -0.2) is 4.39 Å². The van der Waals surface area contributed by atoms with Crippen molar-refractivity contribution in [3.8, 4) is 0 Å². The number of hydrogen-bond donors (Lipinski definition) is 2. The number of benzene rings is 2. The van der Waals surface area contributed by atoms with E-state index in [1.54, 1.807) is 30.3 Å². The van der Waals surface area contributed by atoms with Gasteiger partial charge in [0.15, 0.2) is 0 Å². The first kappa shape index (κ1) is 17.7. The van der Waals surface area contributed by atoms with Crippen LogP contribution in [0.3, 0.4) is 0 Å². The number of halogens is 1. The molecule has 0 aliphatic carbocycles. The third kappa shape index (κ3) is 5.19. The van der Waals surface area contributed by atoms with Crippen molar-refractivity contribution in [2.75, 3.05) is 13.1 Å².